The normalized spacial score (nSPS) is 19.9. The van der Waals surface area contributed by atoms with Gasteiger partial charge in [-0.3, -0.25) is 14.7 Å². The molecule has 16 heavy (non-hydrogen) atoms. The van der Waals surface area contributed by atoms with Crippen LogP contribution >= 0.6 is 7.60 Å². The van der Waals surface area contributed by atoms with E-state index in [0.717, 1.165) is 19.3 Å². The lowest BCUT2D eigenvalue weighted by molar-refractivity contribution is -0.146. The minimum absolute atomic E-state index is 0. The maximum absolute atomic E-state index is 11.1. The fourth-order valence-electron chi connectivity index (χ4n) is 1.88. The Morgan fingerprint density at radius 1 is 1.25 bits per heavy atom. The van der Waals surface area contributed by atoms with Crippen molar-refractivity contribution in [1.82, 2.24) is 5.32 Å². The van der Waals surface area contributed by atoms with Crippen molar-refractivity contribution in [1.29, 1.82) is 0 Å². The first kappa shape index (κ1) is 15.5. The van der Waals surface area contributed by atoms with Crippen LogP contribution in [0.2, 0.25) is 0 Å². The molecule has 0 saturated heterocycles. The summed E-state index contributed by atoms with van der Waals surface area (Å²) in [7, 11) is -4.19. The van der Waals surface area contributed by atoms with Crippen molar-refractivity contribution in [2.75, 3.05) is 6.29 Å². The summed E-state index contributed by atoms with van der Waals surface area (Å²) in [5.74, 6) is -1.02. The molecule has 0 unspecified atom stereocenters. The van der Waals surface area contributed by atoms with Gasteiger partial charge in [-0.15, -0.1) is 0 Å². The Labute approximate surface area is 93.3 Å². The highest BCUT2D eigenvalue weighted by Gasteiger charge is 2.40. The molecule has 1 aliphatic carbocycles. The fourth-order valence-corrected chi connectivity index (χ4v) is 2.38. The number of carboxylic acid groups (broad SMARTS) is 1. The number of carboxylic acids is 1. The van der Waals surface area contributed by atoms with Gasteiger partial charge >= 0.3 is 13.6 Å². The van der Waals surface area contributed by atoms with Crippen LogP contribution in [0.5, 0.6) is 0 Å². The highest BCUT2D eigenvalue weighted by Crippen LogP contribution is 2.36. The maximum Gasteiger partial charge on any atom is 0.339 e. The Balaban J connectivity index is 0.00000225. The van der Waals surface area contributed by atoms with Crippen LogP contribution in [0.25, 0.3) is 0 Å². The summed E-state index contributed by atoms with van der Waals surface area (Å²) in [6.07, 6.45) is 2.83. The summed E-state index contributed by atoms with van der Waals surface area (Å²) >= 11 is 0. The van der Waals surface area contributed by atoms with Crippen molar-refractivity contribution >= 4 is 13.6 Å². The fraction of sp³-hybridized carbons (Fsp3) is 0.875. The molecule has 8 heteroatoms. The molecule has 0 spiro atoms. The van der Waals surface area contributed by atoms with E-state index in [1.165, 1.54) is 0 Å². The van der Waals surface area contributed by atoms with Crippen LogP contribution in [-0.2, 0) is 9.36 Å². The van der Waals surface area contributed by atoms with Crippen molar-refractivity contribution < 1.29 is 29.7 Å². The second-order valence-corrected chi connectivity index (χ2v) is 5.59. The Bertz CT molecular complexity index is 282. The van der Waals surface area contributed by atoms with Crippen molar-refractivity contribution in [2.24, 2.45) is 0 Å². The van der Waals surface area contributed by atoms with Gasteiger partial charge in [-0.05, 0) is 12.8 Å². The second kappa shape index (κ2) is 5.75. The van der Waals surface area contributed by atoms with Crippen LogP contribution < -0.4 is 5.32 Å². The molecule has 0 aromatic heterocycles. The minimum Gasteiger partial charge on any atom is -0.480 e. The van der Waals surface area contributed by atoms with Crippen LogP contribution in [0.4, 0.5) is 0 Å². The molecular formula is C8H18NO6P. The third-order valence-corrected chi connectivity index (χ3v) is 3.31. The third-order valence-electron chi connectivity index (χ3n) is 2.74. The average molecular weight is 255 g/mol. The van der Waals surface area contributed by atoms with Gasteiger partial charge in [0.05, 0.1) is 6.29 Å². The third kappa shape index (κ3) is 4.19. The van der Waals surface area contributed by atoms with Crippen molar-refractivity contribution in [3.63, 3.8) is 0 Å². The molecule has 0 radical (unpaired) electrons. The average Bonchev–Trinajstić information content (AvgIpc) is 2.15. The smallest absolute Gasteiger partial charge is 0.339 e. The van der Waals surface area contributed by atoms with Gasteiger partial charge in [0, 0.05) is 0 Å². The Hall–Kier alpha value is -0.460. The first-order valence-electron chi connectivity index (χ1n) is 4.89. The van der Waals surface area contributed by atoms with Gasteiger partial charge in [0.25, 0.3) is 0 Å². The van der Waals surface area contributed by atoms with E-state index in [1.807, 2.05) is 0 Å². The van der Waals surface area contributed by atoms with Crippen LogP contribution in [0.1, 0.15) is 32.1 Å². The number of rotatable bonds is 4. The summed E-state index contributed by atoms with van der Waals surface area (Å²) in [6, 6.07) is 0. The topological polar surface area (TPSA) is 138 Å². The van der Waals surface area contributed by atoms with Gasteiger partial charge in [0.1, 0.15) is 5.54 Å². The lowest BCUT2D eigenvalue weighted by Crippen LogP contribution is -2.53. The standard InChI is InChI=1S/C8H16NO5P.H2O/c10-7(11)8(4-2-1-3-5-8)9-6-15(12,13)14;/h9H,1-6H2,(H,10,11)(H2,12,13,14);1H2. The summed E-state index contributed by atoms with van der Waals surface area (Å²) < 4.78 is 10.7. The highest BCUT2D eigenvalue weighted by atomic mass is 31.2. The van der Waals surface area contributed by atoms with E-state index in [0.29, 0.717) is 12.8 Å². The summed E-state index contributed by atoms with van der Waals surface area (Å²) in [5, 5.41) is 11.6. The zero-order chi connectivity index (χ0) is 11.5. The molecule has 0 heterocycles. The van der Waals surface area contributed by atoms with Crippen molar-refractivity contribution in [3.05, 3.63) is 0 Å². The predicted molar refractivity (Wildman–Crippen MR) is 57.1 cm³/mol. The molecule has 1 rings (SSSR count). The van der Waals surface area contributed by atoms with Crippen molar-refractivity contribution in [3.8, 4) is 0 Å². The van der Waals surface area contributed by atoms with Gasteiger partial charge < -0.3 is 20.4 Å². The van der Waals surface area contributed by atoms with Crippen LogP contribution in [0.15, 0.2) is 0 Å². The molecule has 0 aliphatic heterocycles. The van der Waals surface area contributed by atoms with E-state index >= 15 is 0 Å². The second-order valence-electron chi connectivity index (χ2n) is 3.95. The molecule has 0 amide bonds. The number of aliphatic carboxylic acids is 1. The first-order valence-corrected chi connectivity index (χ1v) is 6.68. The molecule has 96 valence electrons. The summed E-state index contributed by atoms with van der Waals surface area (Å²) in [6.45, 7) is 0. The van der Waals surface area contributed by atoms with E-state index < -0.39 is 25.4 Å². The van der Waals surface area contributed by atoms with Crippen LogP contribution in [0.3, 0.4) is 0 Å². The molecule has 1 aliphatic rings. The lowest BCUT2D eigenvalue weighted by Gasteiger charge is -2.34. The number of nitrogens with one attached hydrogen (secondary N) is 1. The molecule has 6 N–H and O–H groups in total. The molecule has 7 nitrogen and oxygen atoms in total. The van der Waals surface area contributed by atoms with Gasteiger partial charge in [-0.1, -0.05) is 19.3 Å². The molecule has 0 aromatic carbocycles. The lowest BCUT2D eigenvalue weighted by atomic mass is 9.82. The van der Waals surface area contributed by atoms with E-state index in [2.05, 4.69) is 5.32 Å². The molecule has 0 atom stereocenters. The van der Waals surface area contributed by atoms with E-state index in [4.69, 9.17) is 14.9 Å². The highest BCUT2D eigenvalue weighted by molar-refractivity contribution is 7.51. The largest absolute Gasteiger partial charge is 0.480 e. The molecular weight excluding hydrogens is 237 g/mol. The molecule has 0 bridgehead atoms. The summed E-state index contributed by atoms with van der Waals surface area (Å²) in [4.78, 5) is 28.5. The van der Waals surface area contributed by atoms with E-state index in [9.17, 15) is 9.36 Å². The molecule has 0 aromatic rings. The zero-order valence-corrected chi connectivity index (χ0v) is 9.74. The quantitative estimate of drug-likeness (QED) is 0.507. The number of carbonyl (C=O) groups is 1. The van der Waals surface area contributed by atoms with Crippen molar-refractivity contribution in [2.45, 2.75) is 37.6 Å². The minimum atomic E-state index is -4.19. The monoisotopic (exact) mass is 255 g/mol. The van der Waals surface area contributed by atoms with Gasteiger partial charge in [0.15, 0.2) is 0 Å². The Morgan fingerprint density at radius 2 is 1.75 bits per heavy atom. The first-order chi connectivity index (χ1) is 6.86. The number of hydrogen-bond donors (Lipinski definition) is 4. The maximum atomic E-state index is 11.1. The Morgan fingerprint density at radius 3 is 2.12 bits per heavy atom. The van der Waals surface area contributed by atoms with E-state index in [-0.39, 0.29) is 5.48 Å². The molecule has 1 saturated carbocycles. The van der Waals surface area contributed by atoms with Crippen LogP contribution in [0, 0.1) is 0 Å². The van der Waals surface area contributed by atoms with Gasteiger partial charge in [-0.25, -0.2) is 0 Å². The zero-order valence-electron chi connectivity index (χ0n) is 8.85. The number of hydrogen-bond acceptors (Lipinski definition) is 3. The Kier molecular flexibility index (Phi) is 5.58. The van der Waals surface area contributed by atoms with Gasteiger partial charge in [0.2, 0.25) is 0 Å². The van der Waals surface area contributed by atoms with Gasteiger partial charge in [-0.2, -0.15) is 0 Å². The molecule has 1 fully saturated rings. The van der Waals surface area contributed by atoms with E-state index in [1.54, 1.807) is 0 Å². The summed E-state index contributed by atoms with van der Waals surface area (Å²) in [5.41, 5.74) is -1.14. The van der Waals surface area contributed by atoms with Crippen LogP contribution in [-0.4, -0.2) is 38.2 Å². The predicted octanol–water partition coefficient (Wildman–Crippen LogP) is -0.326. The SMILES string of the molecule is O.O=C(O)C1(NCP(=O)(O)O)CCCCC1.